The molecule has 33 heavy (non-hydrogen) atoms. The quantitative estimate of drug-likeness (QED) is 0.435. The third-order valence-electron chi connectivity index (χ3n) is 5.11. The second kappa shape index (κ2) is 9.57. The smallest absolute Gasteiger partial charge is 0.415 e. The fourth-order valence-electron chi connectivity index (χ4n) is 3.59. The van der Waals surface area contributed by atoms with Gasteiger partial charge in [-0.3, -0.25) is 9.88 Å². The number of pyridine rings is 2. The average molecular weight is 452 g/mol. The number of nitrogens with zero attached hydrogens (tertiary/aromatic N) is 3. The van der Waals surface area contributed by atoms with Gasteiger partial charge in [0.2, 0.25) is 5.95 Å². The summed E-state index contributed by atoms with van der Waals surface area (Å²) in [7, 11) is 1.62. The molecule has 174 valence electrons. The molecule has 0 aliphatic carbocycles. The van der Waals surface area contributed by atoms with Crippen molar-refractivity contribution in [1.82, 2.24) is 9.97 Å². The number of carbonyl (C=O) groups is 1. The molecule has 3 aromatic rings. The molecule has 7 heteroatoms. The van der Waals surface area contributed by atoms with E-state index in [1.165, 1.54) is 12.3 Å². The highest BCUT2D eigenvalue weighted by molar-refractivity contribution is 5.89. The Balaban J connectivity index is 2.09. The maximum Gasteiger partial charge on any atom is 0.415 e. The highest BCUT2D eigenvalue weighted by atomic mass is 19.1. The number of aromatic nitrogens is 2. The Bertz CT molecular complexity index is 1150. The lowest BCUT2D eigenvalue weighted by Gasteiger charge is -2.28. The van der Waals surface area contributed by atoms with Crippen LogP contribution in [-0.4, -0.2) is 28.8 Å². The first-order chi connectivity index (χ1) is 15.5. The highest BCUT2D eigenvalue weighted by Gasteiger charge is 2.26. The van der Waals surface area contributed by atoms with E-state index in [4.69, 9.17) is 9.47 Å². The van der Waals surface area contributed by atoms with Crippen LogP contribution in [0, 0.1) is 26.7 Å². The summed E-state index contributed by atoms with van der Waals surface area (Å²) in [5, 5.41) is 0. The molecule has 0 aliphatic heterocycles. The number of hydrogen-bond acceptors (Lipinski definition) is 5. The summed E-state index contributed by atoms with van der Waals surface area (Å²) in [6.07, 6.45) is 2.72. The van der Waals surface area contributed by atoms with Gasteiger partial charge in [0, 0.05) is 34.8 Å². The van der Waals surface area contributed by atoms with Gasteiger partial charge in [-0.1, -0.05) is 6.07 Å². The Morgan fingerprint density at radius 2 is 1.76 bits per heavy atom. The molecule has 0 fully saturated rings. The van der Waals surface area contributed by atoms with E-state index in [1.54, 1.807) is 24.3 Å². The second-order valence-electron chi connectivity index (χ2n) is 9.04. The monoisotopic (exact) mass is 451 g/mol. The van der Waals surface area contributed by atoms with Crippen LogP contribution in [-0.2, 0) is 11.3 Å². The number of hydrogen-bond donors (Lipinski definition) is 0. The molecule has 3 rings (SSSR count). The summed E-state index contributed by atoms with van der Waals surface area (Å²) >= 11 is 0. The van der Waals surface area contributed by atoms with Crippen LogP contribution >= 0.6 is 0 Å². The van der Waals surface area contributed by atoms with E-state index >= 15 is 0 Å². The largest absolute Gasteiger partial charge is 0.496 e. The number of aryl methyl sites for hydroxylation is 2. The first-order valence-corrected chi connectivity index (χ1v) is 10.7. The first-order valence-electron chi connectivity index (χ1n) is 10.7. The SMILES string of the molecule is COc1c(C)cnc(CN(C(=O)OC(C)(C)C)c2cc(C)cc(-c3ccc(F)nc3)c2)c1C. The van der Waals surface area contributed by atoms with E-state index in [2.05, 4.69) is 9.97 Å². The van der Waals surface area contributed by atoms with Crippen LogP contribution in [0.1, 0.15) is 43.2 Å². The average Bonchev–Trinajstić information content (AvgIpc) is 2.72. The number of carbonyl (C=O) groups excluding carboxylic acids is 1. The van der Waals surface area contributed by atoms with E-state index in [1.807, 2.05) is 59.7 Å². The van der Waals surface area contributed by atoms with Crippen LogP contribution < -0.4 is 9.64 Å². The van der Waals surface area contributed by atoms with Gasteiger partial charge in [0.05, 0.1) is 19.3 Å². The Labute approximate surface area is 194 Å². The number of halogens is 1. The summed E-state index contributed by atoms with van der Waals surface area (Å²) < 4.78 is 24.6. The molecular formula is C26H30FN3O3. The molecule has 0 saturated heterocycles. The molecule has 0 atom stereocenters. The molecule has 0 bridgehead atoms. The molecule has 0 N–H and O–H groups in total. The van der Waals surface area contributed by atoms with Crippen molar-refractivity contribution in [2.24, 2.45) is 0 Å². The third-order valence-corrected chi connectivity index (χ3v) is 5.11. The van der Waals surface area contributed by atoms with Crippen molar-refractivity contribution in [2.75, 3.05) is 12.0 Å². The van der Waals surface area contributed by atoms with Gasteiger partial charge in [-0.15, -0.1) is 0 Å². The second-order valence-corrected chi connectivity index (χ2v) is 9.04. The fourth-order valence-corrected chi connectivity index (χ4v) is 3.59. The minimum Gasteiger partial charge on any atom is -0.496 e. The van der Waals surface area contributed by atoms with Gasteiger partial charge in [0.25, 0.3) is 0 Å². The van der Waals surface area contributed by atoms with Gasteiger partial charge in [0.15, 0.2) is 0 Å². The van der Waals surface area contributed by atoms with Crippen molar-refractivity contribution in [3.05, 3.63) is 71.1 Å². The number of rotatable bonds is 5. The van der Waals surface area contributed by atoms with Gasteiger partial charge in [-0.05, 0) is 76.9 Å². The van der Waals surface area contributed by atoms with Crippen LogP contribution in [0.25, 0.3) is 11.1 Å². The Kier molecular flexibility index (Phi) is 7.01. The predicted molar refractivity (Wildman–Crippen MR) is 127 cm³/mol. The summed E-state index contributed by atoms with van der Waals surface area (Å²) in [6, 6.07) is 8.71. The number of amides is 1. The van der Waals surface area contributed by atoms with E-state index < -0.39 is 17.6 Å². The van der Waals surface area contributed by atoms with Crippen molar-refractivity contribution >= 4 is 11.8 Å². The van der Waals surface area contributed by atoms with Crippen LogP contribution in [0.4, 0.5) is 14.9 Å². The predicted octanol–water partition coefficient (Wildman–Crippen LogP) is 6.16. The Morgan fingerprint density at radius 1 is 1.03 bits per heavy atom. The van der Waals surface area contributed by atoms with Gasteiger partial charge < -0.3 is 9.47 Å². The lowest BCUT2D eigenvalue weighted by molar-refractivity contribution is 0.0577. The number of anilines is 1. The summed E-state index contributed by atoms with van der Waals surface area (Å²) in [6.45, 7) is 11.5. The number of benzene rings is 1. The molecule has 0 radical (unpaired) electrons. The molecule has 0 aliphatic rings. The standard InChI is InChI=1S/C26H30FN3O3/c1-16-10-20(19-8-9-23(27)29-14-19)12-21(11-16)30(25(31)33-26(4,5)6)15-22-18(3)24(32-7)17(2)13-28-22/h8-14H,15H2,1-7H3. The number of ether oxygens (including phenoxy) is 2. The summed E-state index contributed by atoms with van der Waals surface area (Å²) in [5.74, 6) is 0.198. The summed E-state index contributed by atoms with van der Waals surface area (Å²) in [4.78, 5) is 23.2. The highest BCUT2D eigenvalue weighted by Crippen LogP contribution is 2.31. The Hall–Kier alpha value is -3.48. The topological polar surface area (TPSA) is 64.5 Å². The van der Waals surface area contributed by atoms with Crippen LogP contribution in [0.5, 0.6) is 5.75 Å². The summed E-state index contributed by atoms with van der Waals surface area (Å²) in [5.41, 5.74) is 4.96. The molecule has 2 aromatic heterocycles. The molecule has 6 nitrogen and oxygen atoms in total. The van der Waals surface area contributed by atoms with Gasteiger partial charge in [-0.2, -0.15) is 4.39 Å². The zero-order chi connectivity index (χ0) is 24.3. The normalized spacial score (nSPS) is 11.3. The zero-order valence-corrected chi connectivity index (χ0v) is 20.2. The lowest BCUT2D eigenvalue weighted by Crippen LogP contribution is -2.37. The molecule has 2 heterocycles. The molecule has 1 amide bonds. The van der Waals surface area contributed by atoms with E-state index in [0.29, 0.717) is 11.4 Å². The fraction of sp³-hybridized carbons (Fsp3) is 0.346. The molecular weight excluding hydrogens is 421 g/mol. The first kappa shape index (κ1) is 24.2. The van der Waals surface area contributed by atoms with Gasteiger partial charge in [0.1, 0.15) is 11.4 Å². The maximum absolute atomic E-state index is 13.3. The van der Waals surface area contributed by atoms with E-state index in [0.717, 1.165) is 33.6 Å². The van der Waals surface area contributed by atoms with Gasteiger partial charge in [-0.25, -0.2) is 9.78 Å². The molecule has 0 saturated carbocycles. The van der Waals surface area contributed by atoms with Crippen molar-refractivity contribution in [1.29, 1.82) is 0 Å². The van der Waals surface area contributed by atoms with Crippen LogP contribution in [0.15, 0.2) is 42.7 Å². The maximum atomic E-state index is 13.3. The lowest BCUT2D eigenvalue weighted by atomic mass is 10.0. The minimum atomic E-state index is -0.670. The third kappa shape index (κ3) is 5.86. The van der Waals surface area contributed by atoms with Crippen molar-refractivity contribution in [3.63, 3.8) is 0 Å². The molecule has 1 aromatic carbocycles. The van der Waals surface area contributed by atoms with Crippen molar-refractivity contribution in [3.8, 4) is 16.9 Å². The van der Waals surface area contributed by atoms with Crippen molar-refractivity contribution in [2.45, 2.75) is 53.7 Å². The molecule has 0 spiro atoms. The number of methoxy groups -OCH3 is 1. The van der Waals surface area contributed by atoms with Crippen molar-refractivity contribution < 1.29 is 18.7 Å². The zero-order valence-electron chi connectivity index (χ0n) is 20.2. The minimum absolute atomic E-state index is 0.196. The van der Waals surface area contributed by atoms with E-state index in [-0.39, 0.29) is 6.54 Å². The van der Waals surface area contributed by atoms with E-state index in [9.17, 15) is 9.18 Å². The Morgan fingerprint density at radius 3 is 2.36 bits per heavy atom. The van der Waals surface area contributed by atoms with Crippen LogP contribution in [0.2, 0.25) is 0 Å². The van der Waals surface area contributed by atoms with Gasteiger partial charge >= 0.3 is 6.09 Å². The van der Waals surface area contributed by atoms with Crippen LogP contribution in [0.3, 0.4) is 0 Å². The molecule has 0 unspecified atom stereocenters.